The number of aryl methyl sites for hydroxylation is 2. The molecule has 0 bridgehead atoms. The molecule has 0 N–H and O–H groups in total. The number of nitrogens with zero attached hydrogens (tertiary/aromatic N) is 3. The minimum atomic E-state index is -4.55. The van der Waals surface area contributed by atoms with Crippen molar-refractivity contribution in [2.24, 2.45) is 13.0 Å². The zero-order valence-corrected chi connectivity index (χ0v) is 14.8. The Morgan fingerprint density at radius 1 is 1.28 bits per heavy atom. The first-order valence-electron chi connectivity index (χ1n) is 7.33. The number of hydrogen-bond donors (Lipinski definition) is 0. The molecule has 10 heteroatoms. The summed E-state index contributed by atoms with van der Waals surface area (Å²) in [6.07, 6.45) is -3.91. The second-order valence-electron chi connectivity index (χ2n) is 5.89. The van der Waals surface area contributed by atoms with E-state index in [1.165, 1.54) is 7.05 Å². The van der Waals surface area contributed by atoms with E-state index in [2.05, 4.69) is 10.1 Å². The first-order chi connectivity index (χ1) is 11.5. The topological polar surface area (TPSA) is 49.2 Å². The van der Waals surface area contributed by atoms with Crippen molar-refractivity contribution in [2.45, 2.75) is 23.9 Å². The molecule has 0 amide bonds. The molecule has 0 aromatic carbocycles. The standard InChI is InChI=1S/C15H14Cl2F3N3O2/c1-8-3-11(24-7-9-6-14(9,16)17)21-12(4-8)25-13-5-10(15(18,19)20)22-23(13)2/h3-5,9H,6-7H2,1-2H3. The molecule has 1 aliphatic rings. The molecule has 1 aliphatic carbocycles. The van der Waals surface area contributed by atoms with Crippen LogP contribution >= 0.6 is 23.2 Å². The van der Waals surface area contributed by atoms with Crippen molar-refractivity contribution in [1.29, 1.82) is 0 Å². The van der Waals surface area contributed by atoms with E-state index in [-0.39, 0.29) is 23.6 Å². The van der Waals surface area contributed by atoms with Crippen LogP contribution in [-0.2, 0) is 13.2 Å². The Kier molecular flexibility index (Phi) is 4.53. The van der Waals surface area contributed by atoms with Gasteiger partial charge in [-0.2, -0.15) is 23.3 Å². The van der Waals surface area contributed by atoms with Crippen LogP contribution in [-0.4, -0.2) is 25.7 Å². The molecule has 1 fully saturated rings. The van der Waals surface area contributed by atoms with E-state index in [9.17, 15) is 13.2 Å². The number of hydrogen-bond acceptors (Lipinski definition) is 4. The molecule has 0 radical (unpaired) electrons. The van der Waals surface area contributed by atoms with Crippen molar-refractivity contribution in [3.63, 3.8) is 0 Å². The molecule has 1 atom stereocenters. The van der Waals surface area contributed by atoms with E-state index >= 15 is 0 Å². The van der Waals surface area contributed by atoms with Gasteiger partial charge in [0.25, 0.3) is 0 Å². The average molecular weight is 396 g/mol. The zero-order valence-electron chi connectivity index (χ0n) is 13.3. The highest BCUT2D eigenvalue weighted by Gasteiger charge is 2.52. The van der Waals surface area contributed by atoms with E-state index in [0.717, 1.165) is 16.3 Å². The largest absolute Gasteiger partial charge is 0.477 e. The number of alkyl halides is 5. The number of pyridine rings is 1. The van der Waals surface area contributed by atoms with Gasteiger partial charge in [0, 0.05) is 31.2 Å². The molecule has 1 saturated carbocycles. The monoisotopic (exact) mass is 395 g/mol. The Balaban J connectivity index is 1.73. The fourth-order valence-electron chi connectivity index (χ4n) is 2.16. The molecule has 0 aliphatic heterocycles. The lowest BCUT2D eigenvalue weighted by Crippen LogP contribution is -2.06. The maximum absolute atomic E-state index is 12.7. The smallest absolute Gasteiger partial charge is 0.435 e. The molecule has 136 valence electrons. The van der Waals surface area contributed by atoms with Crippen LogP contribution in [0.2, 0.25) is 0 Å². The maximum Gasteiger partial charge on any atom is 0.435 e. The average Bonchev–Trinajstić information content (AvgIpc) is 2.91. The Bertz CT molecular complexity index is 793. The lowest BCUT2D eigenvalue weighted by molar-refractivity contribution is -0.141. The normalized spacial score (nSPS) is 18.9. The van der Waals surface area contributed by atoms with E-state index in [1.807, 2.05) is 0 Å². The van der Waals surface area contributed by atoms with Crippen LogP contribution < -0.4 is 9.47 Å². The molecule has 3 rings (SSSR count). The van der Waals surface area contributed by atoms with Gasteiger partial charge in [0.05, 0.1) is 6.61 Å². The van der Waals surface area contributed by atoms with Gasteiger partial charge < -0.3 is 9.47 Å². The zero-order chi connectivity index (χ0) is 18.4. The van der Waals surface area contributed by atoms with Gasteiger partial charge in [-0.3, -0.25) is 0 Å². The van der Waals surface area contributed by atoms with Crippen molar-refractivity contribution >= 4 is 23.2 Å². The minimum Gasteiger partial charge on any atom is -0.477 e. The van der Waals surface area contributed by atoms with E-state index in [4.69, 9.17) is 32.7 Å². The van der Waals surface area contributed by atoms with Crippen molar-refractivity contribution in [2.75, 3.05) is 6.61 Å². The summed E-state index contributed by atoms with van der Waals surface area (Å²) < 4.78 is 49.3. The van der Waals surface area contributed by atoms with E-state index in [1.54, 1.807) is 19.1 Å². The molecule has 1 unspecified atom stereocenters. The SMILES string of the molecule is Cc1cc(OCC2CC2(Cl)Cl)nc(Oc2cc(C(F)(F)F)nn2C)c1. The van der Waals surface area contributed by atoms with Gasteiger partial charge >= 0.3 is 6.18 Å². The van der Waals surface area contributed by atoms with Gasteiger partial charge in [-0.05, 0) is 18.9 Å². The molecule has 2 heterocycles. The summed E-state index contributed by atoms with van der Waals surface area (Å²) in [5, 5.41) is 3.38. The molecular weight excluding hydrogens is 382 g/mol. The predicted molar refractivity (Wildman–Crippen MR) is 85.3 cm³/mol. The van der Waals surface area contributed by atoms with Crippen molar-refractivity contribution in [3.8, 4) is 17.6 Å². The fourth-order valence-corrected chi connectivity index (χ4v) is 2.66. The van der Waals surface area contributed by atoms with Gasteiger partial charge in [-0.15, -0.1) is 23.2 Å². The first kappa shape index (κ1) is 18.1. The number of halogens is 5. The molecule has 2 aromatic heterocycles. The Morgan fingerprint density at radius 3 is 2.48 bits per heavy atom. The Labute approximate surface area is 151 Å². The van der Waals surface area contributed by atoms with Crippen LogP contribution in [0.3, 0.4) is 0 Å². The third-order valence-electron chi connectivity index (χ3n) is 3.65. The van der Waals surface area contributed by atoms with Gasteiger partial charge in [-0.1, -0.05) is 0 Å². The highest BCUT2D eigenvalue weighted by molar-refractivity contribution is 6.50. The Morgan fingerprint density at radius 2 is 1.92 bits per heavy atom. The highest BCUT2D eigenvalue weighted by atomic mass is 35.5. The van der Waals surface area contributed by atoms with Crippen LogP contribution in [0.5, 0.6) is 17.6 Å². The van der Waals surface area contributed by atoms with Crippen LogP contribution in [0.25, 0.3) is 0 Å². The maximum atomic E-state index is 12.7. The van der Waals surface area contributed by atoms with Gasteiger partial charge in [0.2, 0.25) is 17.6 Å². The summed E-state index contributed by atoms with van der Waals surface area (Å²) in [5.41, 5.74) is -0.263. The number of ether oxygens (including phenoxy) is 2. The summed E-state index contributed by atoms with van der Waals surface area (Å²) in [6.45, 7) is 2.09. The Hall–Kier alpha value is -1.67. The van der Waals surface area contributed by atoms with E-state index in [0.29, 0.717) is 13.0 Å². The second-order valence-corrected chi connectivity index (χ2v) is 7.43. The summed E-state index contributed by atoms with van der Waals surface area (Å²) >= 11 is 11.9. The molecule has 0 saturated heterocycles. The molecule has 25 heavy (non-hydrogen) atoms. The van der Waals surface area contributed by atoms with Crippen molar-refractivity contribution < 1.29 is 22.6 Å². The van der Waals surface area contributed by atoms with Crippen molar-refractivity contribution in [1.82, 2.24) is 14.8 Å². The van der Waals surface area contributed by atoms with Gasteiger partial charge in [0.15, 0.2) is 5.69 Å². The minimum absolute atomic E-state index is 0.0222. The van der Waals surface area contributed by atoms with Gasteiger partial charge in [-0.25, -0.2) is 4.68 Å². The second kappa shape index (κ2) is 6.25. The summed E-state index contributed by atoms with van der Waals surface area (Å²) in [4.78, 5) is 4.14. The van der Waals surface area contributed by atoms with E-state index < -0.39 is 16.2 Å². The third-order valence-corrected chi connectivity index (χ3v) is 4.57. The molecule has 0 spiro atoms. The highest BCUT2D eigenvalue weighted by Crippen LogP contribution is 2.53. The molecule has 2 aromatic rings. The number of aromatic nitrogens is 3. The molecular formula is C15H14Cl2F3N3O2. The molecule has 5 nitrogen and oxygen atoms in total. The quantitative estimate of drug-likeness (QED) is 0.698. The van der Waals surface area contributed by atoms with Crippen LogP contribution in [0.1, 0.15) is 17.7 Å². The fraction of sp³-hybridized carbons (Fsp3) is 0.467. The summed E-state index contributed by atoms with van der Waals surface area (Å²) in [7, 11) is 1.35. The van der Waals surface area contributed by atoms with Crippen LogP contribution in [0, 0.1) is 12.8 Å². The van der Waals surface area contributed by atoms with Crippen LogP contribution in [0.15, 0.2) is 18.2 Å². The first-order valence-corrected chi connectivity index (χ1v) is 8.08. The van der Waals surface area contributed by atoms with Crippen LogP contribution in [0.4, 0.5) is 13.2 Å². The van der Waals surface area contributed by atoms with Gasteiger partial charge in [0.1, 0.15) is 4.33 Å². The summed E-state index contributed by atoms with van der Waals surface area (Å²) in [6, 6.07) is 4.07. The third kappa shape index (κ3) is 4.30. The summed E-state index contributed by atoms with van der Waals surface area (Å²) in [5.74, 6) is 0.322. The van der Waals surface area contributed by atoms with Crippen molar-refractivity contribution in [3.05, 3.63) is 29.5 Å². The lowest BCUT2D eigenvalue weighted by atomic mass is 10.3. The lowest BCUT2D eigenvalue weighted by Gasteiger charge is -2.09. The number of rotatable bonds is 5. The predicted octanol–water partition coefficient (Wildman–Crippen LogP) is 4.51.